The number of nitrogens with two attached hydrogens (primary N) is 1. The summed E-state index contributed by atoms with van der Waals surface area (Å²) < 4.78 is 28.0. The summed E-state index contributed by atoms with van der Waals surface area (Å²) in [5.74, 6) is -0.277. The molecular weight excluding hydrogens is 490 g/mol. The summed E-state index contributed by atoms with van der Waals surface area (Å²) in [6, 6.07) is 19.1. The molecule has 0 spiro atoms. The molecule has 0 atom stereocenters. The van der Waals surface area contributed by atoms with Crippen molar-refractivity contribution in [3.63, 3.8) is 0 Å². The molecule has 0 radical (unpaired) electrons. The van der Waals surface area contributed by atoms with E-state index in [2.05, 4.69) is 21.2 Å². The molecule has 1 aliphatic rings. The van der Waals surface area contributed by atoms with Crippen LogP contribution in [-0.4, -0.2) is 31.7 Å². The van der Waals surface area contributed by atoms with Gasteiger partial charge in [-0.1, -0.05) is 34.5 Å². The molecule has 3 aromatic rings. The summed E-state index contributed by atoms with van der Waals surface area (Å²) >= 11 is 3.54. The fourth-order valence-electron chi connectivity index (χ4n) is 3.72. The van der Waals surface area contributed by atoms with Crippen molar-refractivity contribution in [1.29, 1.82) is 0 Å². The highest BCUT2D eigenvalue weighted by atomic mass is 79.9. The molecule has 1 aliphatic heterocycles. The fourth-order valence-corrected chi connectivity index (χ4v) is 5.71. The summed E-state index contributed by atoms with van der Waals surface area (Å²) in [5, 5.41) is 2.84. The van der Waals surface area contributed by atoms with Gasteiger partial charge >= 0.3 is 0 Å². The van der Waals surface area contributed by atoms with Crippen LogP contribution in [0, 0.1) is 0 Å². The number of rotatable bonds is 5. The number of nitrogens with zero attached hydrogens (tertiary/aromatic N) is 1. The van der Waals surface area contributed by atoms with E-state index in [1.54, 1.807) is 36.4 Å². The Labute approximate surface area is 196 Å². The second-order valence-corrected chi connectivity index (χ2v) is 10.6. The Balaban J connectivity index is 1.51. The SMILES string of the molecule is Nc1ccc(-c2cc(C(=O)Nc3ccc(S(=O)(=O)N4CCCCC4)cc3)ccc2Br)cc1. The molecule has 166 valence electrons. The number of piperidine rings is 1. The minimum atomic E-state index is -3.50. The number of amides is 1. The first kappa shape index (κ1) is 22.5. The molecule has 0 saturated carbocycles. The van der Waals surface area contributed by atoms with Crippen molar-refractivity contribution in [3.05, 3.63) is 76.8 Å². The molecule has 3 N–H and O–H groups in total. The largest absolute Gasteiger partial charge is 0.399 e. The van der Waals surface area contributed by atoms with Crippen LogP contribution in [0.4, 0.5) is 11.4 Å². The molecule has 4 rings (SSSR count). The van der Waals surface area contributed by atoms with Crippen LogP contribution in [0.5, 0.6) is 0 Å². The standard InChI is InChI=1S/C24H24BrN3O3S/c25-23-13-6-18(16-22(23)17-4-7-19(26)8-5-17)24(29)27-20-9-11-21(12-10-20)32(30,31)28-14-2-1-3-15-28/h4-13,16H,1-3,14-15,26H2,(H,27,29). The Morgan fingerprint density at radius 1 is 0.906 bits per heavy atom. The Bertz CT molecular complexity index is 1220. The predicted molar refractivity (Wildman–Crippen MR) is 131 cm³/mol. The fraction of sp³-hybridized carbons (Fsp3) is 0.208. The first-order valence-corrected chi connectivity index (χ1v) is 12.6. The average molecular weight is 514 g/mol. The highest BCUT2D eigenvalue weighted by Gasteiger charge is 2.25. The van der Waals surface area contributed by atoms with E-state index in [-0.39, 0.29) is 10.8 Å². The second-order valence-electron chi connectivity index (χ2n) is 7.76. The maximum absolute atomic E-state index is 12.8. The predicted octanol–water partition coefficient (Wildman–Crippen LogP) is 5.13. The first-order chi connectivity index (χ1) is 15.3. The lowest BCUT2D eigenvalue weighted by molar-refractivity contribution is 0.102. The minimum Gasteiger partial charge on any atom is -0.399 e. The molecular formula is C24H24BrN3O3S. The summed E-state index contributed by atoms with van der Waals surface area (Å²) in [5.41, 5.74) is 9.28. The third-order valence-electron chi connectivity index (χ3n) is 5.52. The summed E-state index contributed by atoms with van der Waals surface area (Å²) in [7, 11) is -3.50. The molecule has 1 fully saturated rings. The van der Waals surface area contributed by atoms with Crippen LogP contribution in [0.3, 0.4) is 0 Å². The molecule has 1 saturated heterocycles. The van der Waals surface area contributed by atoms with Gasteiger partial charge in [-0.15, -0.1) is 0 Å². The zero-order valence-electron chi connectivity index (χ0n) is 17.4. The van der Waals surface area contributed by atoms with Crippen LogP contribution in [0.25, 0.3) is 11.1 Å². The third-order valence-corrected chi connectivity index (χ3v) is 8.12. The van der Waals surface area contributed by atoms with E-state index in [1.807, 2.05) is 30.3 Å². The van der Waals surface area contributed by atoms with Gasteiger partial charge in [0.2, 0.25) is 10.0 Å². The summed E-state index contributed by atoms with van der Waals surface area (Å²) in [6.07, 6.45) is 2.84. The van der Waals surface area contributed by atoms with Crippen LogP contribution in [-0.2, 0) is 10.0 Å². The number of sulfonamides is 1. The molecule has 3 aromatic carbocycles. The molecule has 0 unspecified atom stereocenters. The highest BCUT2D eigenvalue weighted by Crippen LogP contribution is 2.30. The van der Waals surface area contributed by atoms with Gasteiger partial charge in [0.25, 0.3) is 5.91 Å². The van der Waals surface area contributed by atoms with E-state index >= 15 is 0 Å². The number of nitrogen functional groups attached to an aromatic ring is 1. The second kappa shape index (κ2) is 9.44. The number of carbonyl (C=O) groups excluding carboxylic acids is 1. The van der Waals surface area contributed by atoms with E-state index in [0.717, 1.165) is 34.9 Å². The van der Waals surface area contributed by atoms with Gasteiger partial charge in [0.1, 0.15) is 0 Å². The number of carbonyl (C=O) groups is 1. The van der Waals surface area contributed by atoms with Crippen molar-refractivity contribution < 1.29 is 13.2 Å². The van der Waals surface area contributed by atoms with Crippen molar-refractivity contribution in [2.45, 2.75) is 24.2 Å². The third kappa shape index (κ3) is 4.87. The van der Waals surface area contributed by atoms with E-state index in [9.17, 15) is 13.2 Å². The molecule has 1 heterocycles. The monoisotopic (exact) mass is 513 g/mol. The lowest BCUT2D eigenvalue weighted by Gasteiger charge is -2.25. The van der Waals surface area contributed by atoms with Crippen LogP contribution < -0.4 is 11.1 Å². The maximum atomic E-state index is 12.8. The zero-order chi connectivity index (χ0) is 22.7. The van der Waals surface area contributed by atoms with E-state index in [1.165, 1.54) is 4.31 Å². The van der Waals surface area contributed by atoms with Gasteiger partial charge in [0.15, 0.2) is 0 Å². The Hall–Kier alpha value is -2.68. The van der Waals surface area contributed by atoms with Crippen LogP contribution in [0.1, 0.15) is 29.6 Å². The number of hydrogen-bond donors (Lipinski definition) is 2. The van der Waals surface area contributed by atoms with Gasteiger partial charge in [-0.25, -0.2) is 8.42 Å². The minimum absolute atomic E-state index is 0.242. The number of anilines is 2. The van der Waals surface area contributed by atoms with E-state index in [0.29, 0.717) is 30.0 Å². The normalized spacial score (nSPS) is 14.8. The number of halogens is 1. The summed E-state index contributed by atoms with van der Waals surface area (Å²) in [4.78, 5) is 13.1. The Morgan fingerprint density at radius 2 is 1.56 bits per heavy atom. The van der Waals surface area contributed by atoms with Gasteiger partial charge in [0.05, 0.1) is 4.90 Å². The lowest BCUT2D eigenvalue weighted by atomic mass is 10.0. The van der Waals surface area contributed by atoms with Crippen molar-refractivity contribution in [1.82, 2.24) is 4.31 Å². The first-order valence-electron chi connectivity index (χ1n) is 10.4. The van der Waals surface area contributed by atoms with E-state index in [4.69, 9.17) is 5.73 Å². The Morgan fingerprint density at radius 3 is 2.22 bits per heavy atom. The van der Waals surface area contributed by atoms with Crippen molar-refractivity contribution in [3.8, 4) is 11.1 Å². The molecule has 6 nitrogen and oxygen atoms in total. The zero-order valence-corrected chi connectivity index (χ0v) is 19.8. The van der Waals surface area contributed by atoms with Crippen LogP contribution in [0.2, 0.25) is 0 Å². The number of hydrogen-bond acceptors (Lipinski definition) is 4. The molecule has 0 aliphatic carbocycles. The highest BCUT2D eigenvalue weighted by molar-refractivity contribution is 9.10. The average Bonchev–Trinajstić information content (AvgIpc) is 2.81. The molecule has 8 heteroatoms. The maximum Gasteiger partial charge on any atom is 0.255 e. The summed E-state index contributed by atoms with van der Waals surface area (Å²) in [6.45, 7) is 1.11. The molecule has 1 amide bonds. The number of nitrogens with one attached hydrogen (secondary N) is 1. The van der Waals surface area contributed by atoms with Crippen LogP contribution in [0.15, 0.2) is 76.1 Å². The lowest BCUT2D eigenvalue weighted by Crippen LogP contribution is -2.35. The Kier molecular flexibility index (Phi) is 6.64. The smallest absolute Gasteiger partial charge is 0.255 e. The number of benzene rings is 3. The molecule has 32 heavy (non-hydrogen) atoms. The van der Waals surface area contributed by atoms with Crippen molar-refractivity contribution in [2.24, 2.45) is 0 Å². The van der Waals surface area contributed by atoms with Gasteiger partial charge in [-0.05, 0) is 78.6 Å². The van der Waals surface area contributed by atoms with Crippen molar-refractivity contribution in [2.75, 3.05) is 24.1 Å². The van der Waals surface area contributed by atoms with Gasteiger partial charge < -0.3 is 11.1 Å². The topological polar surface area (TPSA) is 92.5 Å². The van der Waals surface area contributed by atoms with Gasteiger partial charge in [-0.2, -0.15) is 4.31 Å². The quantitative estimate of drug-likeness (QED) is 0.462. The van der Waals surface area contributed by atoms with Crippen molar-refractivity contribution >= 4 is 43.2 Å². The molecule has 0 aromatic heterocycles. The van der Waals surface area contributed by atoms with E-state index < -0.39 is 10.0 Å². The van der Waals surface area contributed by atoms with Gasteiger partial charge in [0, 0.05) is 34.5 Å². The van der Waals surface area contributed by atoms with Crippen LogP contribution >= 0.6 is 15.9 Å². The molecule has 0 bridgehead atoms. The van der Waals surface area contributed by atoms with Gasteiger partial charge in [-0.3, -0.25) is 4.79 Å².